The molecule has 0 aliphatic rings. The zero-order valence-corrected chi connectivity index (χ0v) is 18.4. The predicted octanol–water partition coefficient (Wildman–Crippen LogP) is 7.14. The Kier molecular flexibility index (Phi) is 6.99. The molecular formula is C29H20ClNO2. The summed E-state index contributed by atoms with van der Waals surface area (Å²) in [6.07, 6.45) is 1.78. The summed E-state index contributed by atoms with van der Waals surface area (Å²) in [4.78, 5) is 13.1. The van der Waals surface area contributed by atoms with Gasteiger partial charge in [-0.1, -0.05) is 96.5 Å². The van der Waals surface area contributed by atoms with Gasteiger partial charge in [0.15, 0.2) is 0 Å². The molecule has 3 nitrogen and oxygen atoms in total. The molecule has 0 unspecified atom stereocenters. The number of carbonyl (C=O) groups is 1. The maximum Gasteiger partial charge on any atom is 0.323 e. The molecule has 0 N–H and O–H groups in total. The molecule has 0 saturated carbocycles. The average molecular weight is 450 g/mol. The minimum atomic E-state index is -0.526. The highest BCUT2D eigenvalue weighted by atomic mass is 35.5. The van der Waals surface area contributed by atoms with Crippen molar-refractivity contribution in [2.45, 2.75) is 5.92 Å². The molecule has 0 spiro atoms. The number of ether oxygens (including phenoxy) is 1. The zero-order chi connectivity index (χ0) is 23.0. The highest BCUT2D eigenvalue weighted by Gasteiger charge is 2.24. The molecule has 4 rings (SSSR count). The molecule has 4 aromatic rings. The van der Waals surface area contributed by atoms with Crippen LogP contribution in [-0.2, 0) is 4.79 Å². The van der Waals surface area contributed by atoms with Crippen molar-refractivity contribution in [3.05, 3.63) is 136 Å². The number of hydrogen-bond acceptors (Lipinski definition) is 3. The van der Waals surface area contributed by atoms with Crippen molar-refractivity contribution in [3.63, 3.8) is 0 Å². The summed E-state index contributed by atoms with van der Waals surface area (Å²) >= 11 is 5.94. The molecule has 0 aromatic heterocycles. The Labute approximate surface area is 198 Å². The van der Waals surface area contributed by atoms with E-state index in [1.165, 1.54) is 0 Å². The maximum atomic E-state index is 13.1. The summed E-state index contributed by atoms with van der Waals surface area (Å²) in [6, 6.07) is 35.6. The second-order valence-electron chi connectivity index (χ2n) is 7.42. The van der Waals surface area contributed by atoms with Crippen LogP contribution in [0.1, 0.15) is 28.2 Å². The van der Waals surface area contributed by atoms with Crippen molar-refractivity contribution >= 4 is 29.2 Å². The Balaban J connectivity index is 1.55. The van der Waals surface area contributed by atoms with E-state index in [2.05, 4.69) is 6.07 Å². The average Bonchev–Trinajstić information content (AvgIpc) is 2.86. The van der Waals surface area contributed by atoms with E-state index in [0.717, 1.165) is 22.3 Å². The predicted molar refractivity (Wildman–Crippen MR) is 132 cm³/mol. The number of nitriles is 1. The monoisotopic (exact) mass is 449 g/mol. The molecule has 0 fully saturated rings. The van der Waals surface area contributed by atoms with Crippen LogP contribution in [0.2, 0.25) is 5.02 Å². The van der Waals surface area contributed by atoms with Gasteiger partial charge in [0.2, 0.25) is 0 Å². The van der Waals surface area contributed by atoms with Crippen LogP contribution in [0.5, 0.6) is 5.75 Å². The normalized spacial score (nSPS) is 11.1. The molecule has 0 atom stereocenters. The van der Waals surface area contributed by atoms with Crippen LogP contribution in [0.15, 0.2) is 109 Å². The first-order valence-corrected chi connectivity index (χ1v) is 10.8. The third-order valence-corrected chi connectivity index (χ3v) is 5.44. The Bertz CT molecular complexity index is 1250. The number of allylic oxidation sites excluding steroid dienone is 1. The highest BCUT2D eigenvalue weighted by molar-refractivity contribution is 6.30. The standard InChI is InChI=1S/C29H20ClNO2/c30-26-15-13-22(14-16-26)25(20-31)19-21-11-17-27(18-12-21)33-29(32)28(23-7-3-1-4-8-23)24-9-5-2-6-10-24/h1-19,28H/b25-19-. The van der Waals surface area contributed by atoms with Crippen LogP contribution in [0, 0.1) is 11.3 Å². The van der Waals surface area contributed by atoms with Crippen molar-refractivity contribution in [1.82, 2.24) is 0 Å². The Morgan fingerprint density at radius 2 is 1.33 bits per heavy atom. The first-order valence-electron chi connectivity index (χ1n) is 10.4. The molecule has 33 heavy (non-hydrogen) atoms. The molecule has 0 amide bonds. The zero-order valence-electron chi connectivity index (χ0n) is 17.7. The molecule has 0 heterocycles. The van der Waals surface area contributed by atoms with E-state index in [-0.39, 0.29) is 5.97 Å². The van der Waals surface area contributed by atoms with Gasteiger partial charge in [-0.05, 0) is 52.6 Å². The van der Waals surface area contributed by atoms with E-state index in [4.69, 9.17) is 16.3 Å². The Morgan fingerprint density at radius 1 is 0.788 bits per heavy atom. The molecule has 0 aliphatic carbocycles. The number of carbonyl (C=O) groups excluding carboxylic acids is 1. The van der Waals surface area contributed by atoms with E-state index < -0.39 is 5.92 Å². The van der Waals surface area contributed by atoms with Crippen LogP contribution in [0.3, 0.4) is 0 Å². The largest absolute Gasteiger partial charge is 0.426 e. The molecule has 160 valence electrons. The molecular weight excluding hydrogens is 430 g/mol. The second kappa shape index (κ2) is 10.5. The molecule has 0 radical (unpaired) electrons. The lowest BCUT2D eigenvalue weighted by molar-refractivity contribution is -0.135. The quantitative estimate of drug-likeness (QED) is 0.136. The first-order chi connectivity index (χ1) is 16.1. The molecule has 0 saturated heterocycles. The van der Waals surface area contributed by atoms with Crippen molar-refractivity contribution < 1.29 is 9.53 Å². The molecule has 0 bridgehead atoms. The number of nitrogens with zero attached hydrogens (tertiary/aromatic N) is 1. The molecule has 4 heteroatoms. The number of hydrogen-bond donors (Lipinski definition) is 0. The highest BCUT2D eigenvalue weighted by Crippen LogP contribution is 2.27. The lowest BCUT2D eigenvalue weighted by Gasteiger charge is -2.17. The first kappa shape index (κ1) is 22.1. The summed E-state index contributed by atoms with van der Waals surface area (Å²) in [6.45, 7) is 0. The van der Waals surface area contributed by atoms with Gasteiger partial charge < -0.3 is 4.74 Å². The van der Waals surface area contributed by atoms with Gasteiger partial charge >= 0.3 is 5.97 Å². The third kappa shape index (κ3) is 5.57. The number of esters is 1. The van der Waals surface area contributed by atoms with Crippen molar-refractivity contribution in [2.75, 3.05) is 0 Å². The Hall–Kier alpha value is -4.13. The van der Waals surface area contributed by atoms with E-state index in [1.54, 1.807) is 42.5 Å². The van der Waals surface area contributed by atoms with E-state index in [0.29, 0.717) is 16.3 Å². The molecule has 4 aromatic carbocycles. The number of benzene rings is 4. The van der Waals surface area contributed by atoms with E-state index in [1.807, 2.05) is 72.8 Å². The summed E-state index contributed by atoms with van der Waals surface area (Å²) < 4.78 is 5.73. The summed E-state index contributed by atoms with van der Waals surface area (Å²) in [7, 11) is 0. The summed E-state index contributed by atoms with van der Waals surface area (Å²) in [5.74, 6) is -0.435. The van der Waals surface area contributed by atoms with Gasteiger partial charge in [-0.15, -0.1) is 0 Å². The van der Waals surface area contributed by atoms with Crippen LogP contribution in [-0.4, -0.2) is 5.97 Å². The Morgan fingerprint density at radius 3 is 1.85 bits per heavy atom. The minimum absolute atomic E-state index is 0.352. The van der Waals surface area contributed by atoms with Crippen LogP contribution < -0.4 is 4.74 Å². The van der Waals surface area contributed by atoms with Gasteiger partial charge in [-0.25, -0.2) is 0 Å². The topological polar surface area (TPSA) is 50.1 Å². The minimum Gasteiger partial charge on any atom is -0.426 e. The third-order valence-electron chi connectivity index (χ3n) is 5.19. The van der Waals surface area contributed by atoms with Gasteiger partial charge in [-0.3, -0.25) is 4.79 Å². The number of rotatable bonds is 6. The van der Waals surface area contributed by atoms with Crippen LogP contribution in [0.25, 0.3) is 11.6 Å². The van der Waals surface area contributed by atoms with Crippen LogP contribution >= 0.6 is 11.6 Å². The van der Waals surface area contributed by atoms with Gasteiger partial charge in [-0.2, -0.15) is 5.26 Å². The lowest BCUT2D eigenvalue weighted by Crippen LogP contribution is -2.20. The second-order valence-corrected chi connectivity index (χ2v) is 7.86. The maximum absolute atomic E-state index is 13.1. The van der Waals surface area contributed by atoms with Crippen molar-refractivity contribution in [1.29, 1.82) is 5.26 Å². The SMILES string of the molecule is N#C/C(=C/c1ccc(OC(=O)C(c2ccccc2)c2ccccc2)cc1)c1ccc(Cl)cc1. The fraction of sp³-hybridized carbons (Fsp3) is 0.0345. The van der Waals surface area contributed by atoms with E-state index >= 15 is 0 Å². The lowest BCUT2D eigenvalue weighted by atomic mass is 9.91. The van der Waals surface area contributed by atoms with Gasteiger partial charge in [0.1, 0.15) is 11.7 Å². The number of halogens is 1. The van der Waals surface area contributed by atoms with Gasteiger partial charge in [0.05, 0.1) is 11.6 Å². The van der Waals surface area contributed by atoms with E-state index in [9.17, 15) is 10.1 Å². The smallest absolute Gasteiger partial charge is 0.323 e. The van der Waals surface area contributed by atoms with Crippen molar-refractivity contribution in [3.8, 4) is 11.8 Å². The van der Waals surface area contributed by atoms with Gasteiger partial charge in [0, 0.05) is 5.02 Å². The summed E-state index contributed by atoms with van der Waals surface area (Å²) in [5, 5.41) is 10.2. The fourth-order valence-electron chi connectivity index (χ4n) is 3.54. The van der Waals surface area contributed by atoms with Crippen LogP contribution in [0.4, 0.5) is 0 Å². The fourth-order valence-corrected chi connectivity index (χ4v) is 3.67. The van der Waals surface area contributed by atoms with Crippen molar-refractivity contribution in [2.24, 2.45) is 0 Å². The van der Waals surface area contributed by atoms with Gasteiger partial charge in [0.25, 0.3) is 0 Å². The molecule has 0 aliphatic heterocycles. The summed E-state index contributed by atoms with van der Waals surface area (Å²) in [5.41, 5.74) is 3.87.